The highest BCUT2D eigenvalue weighted by atomic mass is 35.5. The van der Waals surface area contributed by atoms with Crippen molar-refractivity contribution < 1.29 is 4.74 Å². The highest BCUT2D eigenvalue weighted by Gasteiger charge is 2.42. The summed E-state index contributed by atoms with van der Waals surface area (Å²) in [6, 6.07) is 8.49. The normalized spacial score (nSPS) is 30.5. The maximum atomic E-state index is 6.27. The third kappa shape index (κ3) is 2.76. The van der Waals surface area contributed by atoms with Crippen LogP contribution in [0, 0.1) is 23.7 Å². The second kappa shape index (κ2) is 5.75. The number of hydrogen-bond acceptors (Lipinski definition) is 1. The van der Waals surface area contributed by atoms with E-state index in [1.54, 1.807) is 7.11 Å². The Hall–Kier alpha value is -0.690. The van der Waals surface area contributed by atoms with E-state index in [1.807, 2.05) is 0 Å². The van der Waals surface area contributed by atoms with Crippen molar-refractivity contribution >= 4 is 11.6 Å². The standard InChI is InChI=1S/C17H23ClO/c1-19-16-6-3-12(4-7-16)8-15(11-18)17-10-13-2-5-14(17)9-13/h3-4,6-7,13-15,17H,2,5,8-11H2,1H3. The van der Waals surface area contributed by atoms with Crippen LogP contribution in [0.4, 0.5) is 0 Å². The van der Waals surface area contributed by atoms with Crippen LogP contribution < -0.4 is 4.74 Å². The van der Waals surface area contributed by atoms with E-state index in [0.29, 0.717) is 5.92 Å². The van der Waals surface area contributed by atoms with Gasteiger partial charge in [-0.3, -0.25) is 0 Å². The topological polar surface area (TPSA) is 9.23 Å². The minimum Gasteiger partial charge on any atom is -0.497 e. The molecule has 2 aliphatic carbocycles. The zero-order chi connectivity index (χ0) is 13.2. The Bertz CT molecular complexity index is 414. The van der Waals surface area contributed by atoms with E-state index in [-0.39, 0.29) is 0 Å². The van der Waals surface area contributed by atoms with Gasteiger partial charge in [0.25, 0.3) is 0 Å². The molecule has 0 amide bonds. The highest BCUT2D eigenvalue weighted by molar-refractivity contribution is 6.18. The number of rotatable bonds is 5. The molecule has 1 aromatic carbocycles. The molecule has 1 aromatic rings. The van der Waals surface area contributed by atoms with Crippen LogP contribution >= 0.6 is 11.6 Å². The predicted octanol–water partition coefficient (Wildman–Crippen LogP) is 4.53. The number of ether oxygens (including phenoxy) is 1. The van der Waals surface area contributed by atoms with Gasteiger partial charge < -0.3 is 4.74 Å². The van der Waals surface area contributed by atoms with Crippen LogP contribution in [-0.4, -0.2) is 13.0 Å². The fraction of sp³-hybridized carbons (Fsp3) is 0.647. The summed E-state index contributed by atoms with van der Waals surface area (Å²) >= 11 is 6.27. The third-order valence-electron chi connectivity index (χ3n) is 5.25. The van der Waals surface area contributed by atoms with Crippen molar-refractivity contribution in [3.8, 4) is 5.75 Å². The van der Waals surface area contributed by atoms with Crippen LogP contribution in [0.25, 0.3) is 0 Å². The molecule has 2 heteroatoms. The SMILES string of the molecule is COc1ccc(CC(CCl)C2CC3CCC2C3)cc1. The molecule has 0 aromatic heterocycles. The van der Waals surface area contributed by atoms with E-state index >= 15 is 0 Å². The van der Waals surface area contributed by atoms with Gasteiger partial charge in [-0.2, -0.15) is 0 Å². The van der Waals surface area contributed by atoms with Gasteiger partial charge in [-0.1, -0.05) is 18.6 Å². The first-order valence-corrected chi connectivity index (χ1v) is 8.02. The maximum absolute atomic E-state index is 6.27. The Morgan fingerprint density at radius 3 is 2.53 bits per heavy atom. The molecular formula is C17H23ClO. The maximum Gasteiger partial charge on any atom is 0.118 e. The Kier molecular flexibility index (Phi) is 4.02. The molecule has 4 atom stereocenters. The van der Waals surface area contributed by atoms with Gasteiger partial charge in [-0.15, -0.1) is 11.6 Å². The summed E-state index contributed by atoms with van der Waals surface area (Å²) in [4.78, 5) is 0. The first-order valence-electron chi connectivity index (χ1n) is 7.49. The number of fused-ring (bicyclic) bond motifs is 2. The van der Waals surface area contributed by atoms with E-state index in [9.17, 15) is 0 Å². The summed E-state index contributed by atoms with van der Waals surface area (Å²) in [5.41, 5.74) is 1.40. The summed E-state index contributed by atoms with van der Waals surface area (Å²) in [5.74, 6) is 5.25. The Morgan fingerprint density at radius 1 is 1.21 bits per heavy atom. The molecule has 0 spiro atoms. The fourth-order valence-corrected chi connectivity index (χ4v) is 4.59. The van der Waals surface area contributed by atoms with E-state index in [4.69, 9.17) is 16.3 Å². The predicted molar refractivity (Wildman–Crippen MR) is 79.8 cm³/mol. The van der Waals surface area contributed by atoms with Gasteiger partial charge in [0.2, 0.25) is 0 Å². The molecule has 2 aliphatic rings. The van der Waals surface area contributed by atoms with Crippen molar-refractivity contribution in [1.82, 2.24) is 0 Å². The molecular weight excluding hydrogens is 256 g/mol. The second-order valence-electron chi connectivity index (χ2n) is 6.31. The average molecular weight is 279 g/mol. The van der Waals surface area contributed by atoms with Gasteiger partial charge in [-0.05, 0) is 67.1 Å². The molecule has 19 heavy (non-hydrogen) atoms. The monoisotopic (exact) mass is 278 g/mol. The van der Waals surface area contributed by atoms with Crippen LogP contribution in [0.15, 0.2) is 24.3 Å². The van der Waals surface area contributed by atoms with Gasteiger partial charge in [0.1, 0.15) is 5.75 Å². The lowest BCUT2D eigenvalue weighted by molar-refractivity contribution is 0.243. The largest absolute Gasteiger partial charge is 0.497 e. The van der Waals surface area contributed by atoms with Gasteiger partial charge >= 0.3 is 0 Å². The molecule has 2 bridgehead atoms. The number of methoxy groups -OCH3 is 1. The lowest BCUT2D eigenvalue weighted by Gasteiger charge is -2.29. The van der Waals surface area contributed by atoms with Crippen LogP contribution in [0.5, 0.6) is 5.75 Å². The van der Waals surface area contributed by atoms with Crippen molar-refractivity contribution in [2.75, 3.05) is 13.0 Å². The van der Waals surface area contributed by atoms with E-state index in [1.165, 1.54) is 31.2 Å². The molecule has 104 valence electrons. The van der Waals surface area contributed by atoms with Crippen LogP contribution in [0.1, 0.15) is 31.2 Å². The lowest BCUT2D eigenvalue weighted by atomic mass is 9.77. The summed E-state index contributed by atoms with van der Waals surface area (Å²) in [7, 11) is 1.71. The van der Waals surface area contributed by atoms with Gasteiger partial charge in [0, 0.05) is 5.88 Å². The summed E-state index contributed by atoms with van der Waals surface area (Å²) in [6.45, 7) is 0. The number of halogens is 1. The summed E-state index contributed by atoms with van der Waals surface area (Å²) in [6.07, 6.45) is 6.95. The average Bonchev–Trinajstić information content (AvgIpc) is 3.08. The summed E-state index contributed by atoms with van der Waals surface area (Å²) in [5, 5.41) is 0. The number of hydrogen-bond donors (Lipinski definition) is 0. The van der Waals surface area contributed by atoms with Crippen LogP contribution in [-0.2, 0) is 6.42 Å². The fourth-order valence-electron chi connectivity index (χ4n) is 4.26. The van der Waals surface area contributed by atoms with E-state index in [0.717, 1.165) is 35.8 Å². The highest BCUT2D eigenvalue weighted by Crippen LogP contribution is 2.51. The number of benzene rings is 1. The first kappa shape index (κ1) is 13.3. The zero-order valence-electron chi connectivity index (χ0n) is 11.6. The van der Waals surface area contributed by atoms with Crippen LogP contribution in [0.3, 0.4) is 0 Å². The molecule has 2 saturated carbocycles. The lowest BCUT2D eigenvalue weighted by Crippen LogP contribution is -2.24. The van der Waals surface area contributed by atoms with E-state index < -0.39 is 0 Å². The molecule has 4 unspecified atom stereocenters. The number of alkyl halides is 1. The first-order chi connectivity index (χ1) is 9.30. The van der Waals surface area contributed by atoms with Crippen molar-refractivity contribution in [2.45, 2.75) is 32.1 Å². The van der Waals surface area contributed by atoms with Gasteiger partial charge in [0.05, 0.1) is 7.11 Å². The smallest absolute Gasteiger partial charge is 0.118 e. The second-order valence-corrected chi connectivity index (χ2v) is 6.61. The van der Waals surface area contributed by atoms with Crippen LogP contribution in [0.2, 0.25) is 0 Å². The minimum atomic E-state index is 0.658. The Morgan fingerprint density at radius 2 is 2.00 bits per heavy atom. The molecule has 3 rings (SSSR count). The molecule has 0 N–H and O–H groups in total. The zero-order valence-corrected chi connectivity index (χ0v) is 12.4. The van der Waals surface area contributed by atoms with Gasteiger partial charge in [-0.25, -0.2) is 0 Å². The van der Waals surface area contributed by atoms with Crippen molar-refractivity contribution in [3.05, 3.63) is 29.8 Å². The molecule has 0 aliphatic heterocycles. The molecule has 0 radical (unpaired) electrons. The Labute approximate surface area is 121 Å². The molecule has 2 fully saturated rings. The van der Waals surface area contributed by atoms with Gasteiger partial charge in [0.15, 0.2) is 0 Å². The quantitative estimate of drug-likeness (QED) is 0.719. The van der Waals surface area contributed by atoms with Crippen molar-refractivity contribution in [3.63, 3.8) is 0 Å². The molecule has 0 heterocycles. The molecule has 0 saturated heterocycles. The van der Waals surface area contributed by atoms with Crippen molar-refractivity contribution in [2.24, 2.45) is 23.7 Å². The minimum absolute atomic E-state index is 0.658. The van der Waals surface area contributed by atoms with E-state index in [2.05, 4.69) is 24.3 Å². The Balaban J connectivity index is 1.65. The summed E-state index contributed by atoms with van der Waals surface area (Å²) < 4.78 is 5.21. The van der Waals surface area contributed by atoms with Crippen molar-refractivity contribution in [1.29, 1.82) is 0 Å². The molecule has 1 nitrogen and oxygen atoms in total. The third-order valence-corrected chi connectivity index (χ3v) is 5.65.